The largest absolute Gasteiger partial charge is 0.380 e. The van der Waals surface area contributed by atoms with E-state index in [1.54, 1.807) is 17.4 Å². The van der Waals surface area contributed by atoms with E-state index in [0.717, 1.165) is 12.2 Å². The van der Waals surface area contributed by atoms with Gasteiger partial charge in [0.15, 0.2) is 0 Å². The molecule has 0 aliphatic rings. The third-order valence-electron chi connectivity index (χ3n) is 3.09. The molecule has 4 heteroatoms. The van der Waals surface area contributed by atoms with E-state index in [2.05, 4.69) is 41.0 Å². The molecule has 0 atom stereocenters. The van der Waals surface area contributed by atoms with Gasteiger partial charge in [0.25, 0.3) is 0 Å². The highest BCUT2D eigenvalue weighted by atomic mass is 35.5. The van der Waals surface area contributed by atoms with Crippen molar-refractivity contribution >= 4 is 40.2 Å². The third-order valence-corrected chi connectivity index (χ3v) is 4.46. The summed E-state index contributed by atoms with van der Waals surface area (Å²) in [5.74, 6) is 0. The lowest BCUT2D eigenvalue weighted by molar-refractivity contribution is 1.19. The average Bonchev–Trinajstić information content (AvgIpc) is 2.94. The summed E-state index contributed by atoms with van der Waals surface area (Å²) in [5.41, 5.74) is 3.43. The Morgan fingerprint density at radius 1 is 0.857 bits per heavy atom. The molecule has 0 saturated carbocycles. The molecule has 0 unspecified atom stereocenters. The molecule has 0 bridgehead atoms. The van der Waals surface area contributed by atoms with Gasteiger partial charge < -0.3 is 5.32 Å². The lowest BCUT2D eigenvalue weighted by Gasteiger charge is -2.06. The van der Waals surface area contributed by atoms with Crippen LogP contribution >= 0.6 is 34.5 Å². The van der Waals surface area contributed by atoms with Crippen molar-refractivity contribution in [1.29, 1.82) is 0 Å². The summed E-state index contributed by atoms with van der Waals surface area (Å²) in [4.78, 5) is 1.27. The van der Waals surface area contributed by atoms with Gasteiger partial charge in [-0.25, -0.2) is 0 Å². The first-order valence-electron chi connectivity index (χ1n) is 6.53. The van der Waals surface area contributed by atoms with E-state index >= 15 is 0 Å². The molecule has 1 N–H and O–H groups in total. The molecule has 21 heavy (non-hydrogen) atoms. The summed E-state index contributed by atoms with van der Waals surface area (Å²) in [6, 6.07) is 18.1. The highest BCUT2D eigenvalue weighted by molar-refractivity contribution is 7.10. The Kier molecular flexibility index (Phi) is 4.49. The molecule has 3 rings (SSSR count). The molecule has 3 aromatic rings. The molecule has 2 aromatic carbocycles. The van der Waals surface area contributed by atoms with E-state index in [-0.39, 0.29) is 0 Å². The molecule has 0 aliphatic carbocycles. The van der Waals surface area contributed by atoms with Crippen molar-refractivity contribution in [3.63, 3.8) is 0 Å². The normalized spacial score (nSPS) is 10.6. The van der Waals surface area contributed by atoms with Crippen LogP contribution in [0.5, 0.6) is 0 Å². The number of thiophene rings is 1. The fourth-order valence-corrected chi connectivity index (χ4v) is 3.46. The highest BCUT2D eigenvalue weighted by Gasteiger charge is 2.03. The molecule has 1 nitrogen and oxygen atoms in total. The van der Waals surface area contributed by atoms with Gasteiger partial charge in [0.2, 0.25) is 0 Å². The summed E-state index contributed by atoms with van der Waals surface area (Å²) in [6.45, 7) is 0.758. The summed E-state index contributed by atoms with van der Waals surface area (Å²) in [7, 11) is 0. The fraction of sp³-hybridized carbons (Fsp3) is 0.0588. The van der Waals surface area contributed by atoms with Crippen LogP contribution in [0.2, 0.25) is 10.0 Å². The van der Waals surface area contributed by atoms with E-state index in [0.29, 0.717) is 10.0 Å². The molecule has 0 fully saturated rings. The van der Waals surface area contributed by atoms with Crippen LogP contribution in [-0.2, 0) is 6.54 Å². The minimum atomic E-state index is 0.640. The molecule has 0 saturated heterocycles. The predicted octanol–water partition coefficient (Wildman–Crippen LogP) is 6.33. The van der Waals surface area contributed by atoms with E-state index in [4.69, 9.17) is 23.2 Å². The Balaban J connectivity index is 1.70. The van der Waals surface area contributed by atoms with Crippen LogP contribution in [0, 0.1) is 0 Å². The lowest BCUT2D eigenvalue weighted by atomic mass is 10.1. The maximum atomic E-state index is 5.99. The van der Waals surface area contributed by atoms with Crippen molar-refractivity contribution in [3.8, 4) is 11.1 Å². The molecule has 1 heterocycles. The molecule has 0 amide bonds. The zero-order valence-electron chi connectivity index (χ0n) is 11.1. The van der Waals surface area contributed by atoms with Crippen LogP contribution in [0.1, 0.15) is 4.88 Å². The molecular formula is C17H13Cl2NS. The van der Waals surface area contributed by atoms with Gasteiger partial charge in [-0.1, -0.05) is 53.5 Å². The van der Waals surface area contributed by atoms with Gasteiger partial charge in [-0.05, 0) is 40.8 Å². The van der Waals surface area contributed by atoms with Crippen molar-refractivity contribution in [1.82, 2.24) is 0 Å². The predicted molar refractivity (Wildman–Crippen MR) is 93.5 cm³/mol. The quantitative estimate of drug-likeness (QED) is 0.587. The summed E-state index contributed by atoms with van der Waals surface area (Å²) in [5, 5.41) is 6.81. The minimum absolute atomic E-state index is 0.640. The fourth-order valence-electron chi connectivity index (χ4n) is 2.10. The zero-order chi connectivity index (χ0) is 14.7. The molecule has 1 aromatic heterocycles. The average molecular weight is 334 g/mol. The van der Waals surface area contributed by atoms with Gasteiger partial charge in [0.05, 0.1) is 0 Å². The Hall–Kier alpha value is -1.48. The van der Waals surface area contributed by atoms with Crippen LogP contribution in [0.25, 0.3) is 11.1 Å². The minimum Gasteiger partial charge on any atom is -0.380 e. The van der Waals surface area contributed by atoms with E-state index in [1.807, 2.05) is 18.2 Å². The Labute approximate surface area is 138 Å². The van der Waals surface area contributed by atoms with Crippen molar-refractivity contribution in [2.24, 2.45) is 0 Å². The standard InChI is InChI=1S/C17H13Cl2NS/c18-14-7-15(19)9-16(8-14)20-10-17-6-13(11-21-17)12-4-2-1-3-5-12/h1-9,11,20H,10H2. The maximum absolute atomic E-state index is 5.99. The van der Waals surface area contributed by atoms with Gasteiger partial charge in [-0.2, -0.15) is 0 Å². The Morgan fingerprint density at radius 3 is 2.29 bits per heavy atom. The summed E-state index contributed by atoms with van der Waals surface area (Å²) >= 11 is 13.7. The third kappa shape index (κ3) is 3.79. The molecule has 0 spiro atoms. The van der Waals surface area contributed by atoms with Crippen LogP contribution < -0.4 is 5.32 Å². The topological polar surface area (TPSA) is 12.0 Å². The van der Waals surface area contributed by atoms with E-state index in [1.165, 1.54) is 16.0 Å². The number of hydrogen-bond acceptors (Lipinski definition) is 2. The van der Waals surface area contributed by atoms with Crippen molar-refractivity contribution in [2.45, 2.75) is 6.54 Å². The Morgan fingerprint density at radius 2 is 1.57 bits per heavy atom. The number of anilines is 1. The van der Waals surface area contributed by atoms with Crippen molar-refractivity contribution in [3.05, 3.63) is 74.9 Å². The van der Waals surface area contributed by atoms with Crippen LogP contribution in [0.3, 0.4) is 0 Å². The first kappa shape index (κ1) is 14.5. The molecule has 0 radical (unpaired) electrons. The van der Waals surface area contributed by atoms with Crippen LogP contribution in [0.15, 0.2) is 60.0 Å². The van der Waals surface area contributed by atoms with E-state index in [9.17, 15) is 0 Å². The van der Waals surface area contributed by atoms with Gasteiger partial charge in [-0.15, -0.1) is 11.3 Å². The highest BCUT2D eigenvalue weighted by Crippen LogP contribution is 2.27. The molecule has 106 valence electrons. The summed E-state index contributed by atoms with van der Waals surface area (Å²) < 4.78 is 0. The van der Waals surface area contributed by atoms with Gasteiger partial charge in [0.1, 0.15) is 0 Å². The zero-order valence-corrected chi connectivity index (χ0v) is 13.5. The maximum Gasteiger partial charge on any atom is 0.0494 e. The lowest BCUT2D eigenvalue weighted by Crippen LogP contribution is -1.97. The monoisotopic (exact) mass is 333 g/mol. The smallest absolute Gasteiger partial charge is 0.0494 e. The molecular weight excluding hydrogens is 321 g/mol. The second-order valence-electron chi connectivity index (χ2n) is 4.68. The summed E-state index contributed by atoms with van der Waals surface area (Å²) in [6.07, 6.45) is 0. The number of hydrogen-bond donors (Lipinski definition) is 1. The SMILES string of the molecule is Clc1cc(Cl)cc(NCc2cc(-c3ccccc3)cs2)c1. The number of halogens is 2. The number of rotatable bonds is 4. The first-order valence-corrected chi connectivity index (χ1v) is 8.17. The van der Waals surface area contributed by atoms with E-state index < -0.39 is 0 Å². The Bertz CT molecular complexity index is 717. The second kappa shape index (κ2) is 6.52. The van der Waals surface area contributed by atoms with Crippen LogP contribution in [-0.4, -0.2) is 0 Å². The first-order chi connectivity index (χ1) is 10.2. The number of benzene rings is 2. The van der Waals surface area contributed by atoms with Crippen LogP contribution in [0.4, 0.5) is 5.69 Å². The number of nitrogens with one attached hydrogen (secondary N) is 1. The van der Waals surface area contributed by atoms with Gasteiger partial charge >= 0.3 is 0 Å². The van der Waals surface area contributed by atoms with Gasteiger partial charge in [0, 0.05) is 27.2 Å². The van der Waals surface area contributed by atoms with Crippen molar-refractivity contribution in [2.75, 3.05) is 5.32 Å². The second-order valence-corrected chi connectivity index (χ2v) is 6.55. The molecule has 0 aliphatic heterocycles. The van der Waals surface area contributed by atoms with Gasteiger partial charge in [-0.3, -0.25) is 0 Å². The van der Waals surface area contributed by atoms with Crippen molar-refractivity contribution < 1.29 is 0 Å².